The number of hydrogen-bond acceptors (Lipinski definition) is 1. The van der Waals surface area contributed by atoms with Gasteiger partial charge in [0, 0.05) is 10.9 Å². The van der Waals surface area contributed by atoms with Gasteiger partial charge in [0.25, 0.3) is 0 Å². The lowest BCUT2D eigenvalue weighted by atomic mass is 10.2. The number of rotatable bonds is 1. The molecule has 1 aromatic rings. The Labute approximate surface area is 79.9 Å². The zero-order chi connectivity index (χ0) is 8.81. The number of halogens is 1. The van der Waals surface area contributed by atoms with E-state index < -0.39 is 0 Å². The first-order valence-electron chi connectivity index (χ1n) is 3.50. The molecule has 0 heterocycles. The summed E-state index contributed by atoms with van der Waals surface area (Å²) in [4.78, 5) is 9.89. The van der Waals surface area contributed by atoms with Crippen molar-refractivity contribution in [2.24, 2.45) is 0 Å². The lowest BCUT2D eigenvalue weighted by Gasteiger charge is -1.96. The van der Waals surface area contributed by atoms with Crippen molar-refractivity contribution in [2.45, 2.75) is 6.42 Å². The van der Waals surface area contributed by atoms with Gasteiger partial charge in [-0.25, -0.2) is 0 Å². The Morgan fingerprint density at radius 1 is 1.42 bits per heavy atom. The van der Waals surface area contributed by atoms with E-state index in [2.05, 4.69) is 27.8 Å². The van der Waals surface area contributed by atoms with Gasteiger partial charge in [-0.15, -0.1) is 0 Å². The third kappa shape index (κ3) is 2.52. The summed E-state index contributed by atoms with van der Waals surface area (Å²) < 4.78 is 1.03. The summed E-state index contributed by atoms with van der Waals surface area (Å²) in [5.41, 5.74) is 1.10. The maximum Gasteiger partial charge on any atom is 0.192 e. The Morgan fingerprint density at radius 2 is 2.17 bits per heavy atom. The highest BCUT2D eigenvalue weighted by Crippen LogP contribution is 2.15. The number of carbonyl (C=O) groups is 1. The van der Waals surface area contributed by atoms with Crippen molar-refractivity contribution >= 4 is 22.2 Å². The summed E-state index contributed by atoms with van der Waals surface area (Å²) >= 11 is 3.39. The molecule has 0 aromatic heterocycles. The minimum atomic E-state index is 0.608. The first-order chi connectivity index (χ1) is 5.84. The van der Waals surface area contributed by atoms with Gasteiger partial charge in [-0.3, -0.25) is 4.79 Å². The molecule has 1 rings (SSSR count). The second kappa shape index (κ2) is 4.74. The maximum absolute atomic E-state index is 9.89. The third-order valence-electron chi connectivity index (χ3n) is 1.40. The van der Waals surface area contributed by atoms with E-state index in [-0.39, 0.29) is 0 Å². The van der Waals surface area contributed by atoms with Crippen LogP contribution in [0.4, 0.5) is 0 Å². The van der Waals surface area contributed by atoms with Crippen LogP contribution in [0.5, 0.6) is 0 Å². The third-order valence-corrected chi connectivity index (χ3v) is 2.17. The molecule has 12 heavy (non-hydrogen) atoms. The van der Waals surface area contributed by atoms with Gasteiger partial charge in [-0.1, -0.05) is 40.0 Å². The van der Waals surface area contributed by atoms with E-state index in [9.17, 15) is 4.79 Å². The molecule has 0 N–H and O–H groups in total. The van der Waals surface area contributed by atoms with E-state index in [1.807, 2.05) is 24.3 Å². The van der Waals surface area contributed by atoms with Crippen LogP contribution in [0.25, 0.3) is 0 Å². The Kier molecular flexibility index (Phi) is 3.56. The van der Waals surface area contributed by atoms with Crippen LogP contribution in [0.3, 0.4) is 0 Å². The average Bonchev–Trinajstić information content (AvgIpc) is 2.09. The predicted octanol–water partition coefficient (Wildman–Crippen LogP) is 2.19. The highest BCUT2D eigenvalue weighted by molar-refractivity contribution is 9.10. The van der Waals surface area contributed by atoms with Crippen LogP contribution >= 0.6 is 15.9 Å². The van der Waals surface area contributed by atoms with Gasteiger partial charge in [-0.2, -0.15) is 0 Å². The highest BCUT2D eigenvalue weighted by Gasteiger charge is 1.93. The van der Waals surface area contributed by atoms with Gasteiger partial charge in [0.05, 0.1) is 0 Å². The summed E-state index contributed by atoms with van der Waals surface area (Å²) in [5, 5.41) is 0. The quantitative estimate of drug-likeness (QED) is 0.526. The molecule has 0 unspecified atom stereocenters. The smallest absolute Gasteiger partial charge is 0.192 e. The van der Waals surface area contributed by atoms with E-state index in [1.54, 1.807) is 0 Å². The first-order valence-corrected chi connectivity index (χ1v) is 4.29. The van der Waals surface area contributed by atoms with E-state index in [0.29, 0.717) is 12.7 Å². The van der Waals surface area contributed by atoms with Gasteiger partial charge in [0.2, 0.25) is 0 Å². The molecule has 0 spiro atoms. The summed E-state index contributed by atoms with van der Waals surface area (Å²) in [6.07, 6.45) is 1.22. The fraction of sp³-hybridized carbons (Fsp3) is 0.100. The summed E-state index contributed by atoms with van der Waals surface area (Å²) in [7, 11) is 0. The second-order valence-electron chi connectivity index (χ2n) is 2.21. The van der Waals surface area contributed by atoms with Crippen LogP contribution in [0.15, 0.2) is 28.7 Å². The number of aldehydes is 1. The van der Waals surface area contributed by atoms with Crippen molar-refractivity contribution in [1.82, 2.24) is 0 Å². The topological polar surface area (TPSA) is 17.1 Å². The molecule has 0 aliphatic heterocycles. The fourth-order valence-corrected chi connectivity index (χ4v) is 1.25. The first kappa shape index (κ1) is 9.02. The number of benzene rings is 1. The molecule has 0 radical (unpaired) electrons. The molecular weight excluding hydrogens is 216 g/mol. The van der Waals surface area contributed by atoms with Crippen LogP contribution in [0.1, 0.15) is 5.56 Å². The molecule has 0 saturated heterocycles. The van der Waals surface area contributed by atoms with Gasteiger partial charge in [0.1, 0.15) is 0 Å². The standard InChI is InChI=1S/C10H7BrO/c11-10-7-2-1-5-9(10)6-3-4-8-12/h1-2,5,7-8H,6H2. The van der Waals surface area contributed by atoms with E-state index in [1.165, 1.54) is 0 Å². The Balaban J connectivity index is 2.75. The van der Waals surface area contributed by atoms with E-state index in [0.717, 1.165) is 10.0 Å². The average molecular weight is 223 g/mol. The monoisotopic (exact) mass is 222 g/mol. The molecule has 0 fully saturated rings. The largest absolute Gasteiger partial charge is 0.289 e. The van der Waals surface area contributed by atoms with Crippen LogP contribution in [0, 0.1) is 11.8 Å². The fourth-order valence-electron chi connectivity index (χ4n) is 0.830. The van der Waals surface area contributed by atoms with E-state index >= 15 is 0 Å². The molecule has 0 atom stereocenters. The van der Waals surface area contributed by atoms with E-state index in [4.69, 9.17) is 0 Å². The van der Waals surface area contributed by atoms with Gasteiger partial charge in [-0.05, 0) is 17.6 Å². The van der Waals surface area contributed by atoms with Gasteiger partial charge in [0.15, 0.2) is 6.29 Å². The molecule has 2 heteroatoms. The van der Waals surface area contributed by atoms with Crippen molar-refractivity contribution in [1.29, 1.82) is 0 Å². The molecule has 1 aromatic carbocycles. The predicted molar refractivity (Wildman–Crippen MR) is 51.7 cm³/mol. The summed E-state index contributed by atoms with van der Waals surface area (Å²) in [6, 6.07) is 7.82. The Morgan fingerprint density at radius 3 is 2.83 bits per heavy atom. The molecule has 0 bridgehead atoms. The number of hydrogen-bond donors (Lipinski definition) is 0. The highest BCUT2D eigenvalue weighted by atomic mass is 79.9. The Hall–Kier alpha value is -1.07. The van der Waals surface area contributed by atoms with Crippen molar-refractivity contribution < 1.29 is 4.79 Å². The lowest BCUT2D eigenvalue weighted by Crippen LogP contribution is -1.82. The molecular formula is C10H7BrO. The van der Waals surface area contributed by atoms with Crippen LogP contribution < -0.4 is 0 Å². The molecule has 0 amide bonds. The molecule has 60 valence electrons. The van der Waals surface area contributed by atoms with Crippen LogP contribution in [0.2, 0.25) is 0 Å². The number of carbonyl (C=O) groups excluding carboxylic acids is 1. The van der Waals surface area contributed by atoms with Gasteiger partial charge >= 0.3 is 0 Å². The van der Waals surface area contributed by atoms with Crippen molar-refractivity contribution in [3.63, 3.8) is 0 Å². The lowest BCUT2D eigenvalue weighted by molar-refractivity contribution is -0.103. The molecule has 0 aliphatic rings. The zero-order valence-corrected chi connectivity index (χ0v) is 7.97. The Bertz CT molecular complexity index is 333. The summed E-state index contributed by atoms with van der Waals surface area (Å²) in [6.45, 7) is 0. The SMILES string of the molecule is O=CC#CCc1ccccc1Br. The maximum atomic E-state index is 9.89. The minimum Gasteiger partial charge on any atom is -0.289 e. The molecule has 0 saturated carbocycles. The summed E-state index contributed by atoms with van der Waals surface area (Å²) in [5.74, 6) is 5.12. The van der Waals surface area contributed by atoms with Crippen molar-refractivity contribution in [2.75, 3.05) is 0 Å². The van der Waals surface area contributed by atoms with Crippen LogP contribution in [-0.4, -0.2) is 6.29 Å². The van der Waals surface area contributed by atoms with Crippen molar-refractivity contribution in [3.8, 4) is 11.8 Å². The second-order valence-corrected chi connectivity index (χ2v) is 3.06. The molecule has 0 aliphatic carbocycles. The van der Waals surface area contributed by atoms with Crippen LogP contribution in [-0.2, 0) is 11.2 Å². The zero-order valence-electron chi connectivity index (χ0n) is 6.38. The van der Waals surface area contributed by atoms with Crippen molar-refractivity contribution in [3.05, 3.63) is 34.3 Å². The normalized spacial score (nSPS) is 8.42. The van der Waals surface area contributed by atoms with Gasteiger partial charge < -0.3 is 0 Å². The molecule has 1 nitrogen and oxygen atoms in total. The minimum absolute atomic E-state index is 0.608.